The Morgan fingerprint density at radius 3 is 2.80 bits per heavy atom. The molecule has 25 heavy (non-hydrogen) atoms. The molecule has 0 unspecified atom stereocenters. The van der Waals surface area contributed by atoms with Crippen molar-refractivity contribution in [2.75, 3.05) is 12.4 Å². The van der Waals surface area contributed by atoms with Gasteiger partial charge in [-0.05, 0) is 32.9 Å². The number of rotatable bonds is 6. The Balaban J connectivity index is 1.79. The van der Waals surface area contributed by atoms with Crippen molar-refractivity contribution in [3.63, 3.8) is 0 Å². The Morgan fingerprint density at radius 2 is 2.08 bits per heavy atom. The average Bonchev–Trinajstić information content (AvgIpc) is 2.93. The average molecular weight is 338 g/mol. The number of nitrogens with zero attached hydrogens (tertiary/aromatic N) is 5. The quantitative estimate of drug-likeness (QED) is 0.744. The van der Waals surface area contributed by atoms with Crippen LogP contribution in [-0.4, -0.2) is 32.1 Å². The fourth-order valence-corrected chi connectivity index (χ4v) is 2.77. The number of anilines is 1. The molecule has 130 valence electrons. The standard InChI is InChI=1S/C18H22N6O/c1-5-24-13(3)16(12(2)23-24)10-19-18-21-17(11-20-22-18)14-7-6-8-15(9-14)25-4/h6-9,11H,5,10H2,1-4H3,(H,19,21,22). The second-order valence-electron chi connectivity index (χ2n) is 5.72. The lowest BCUT2D eigenvalue weighted by atomic mass is 10.1. The predicted molar refractivity (Wildman–Crippen MR) is 96.5 cm³/mol. The maximum absolute atomic E-state index is 5.26. The molecule has 0 aliphatic carbocycles. The molecule has 2 aromatic heterocycles. The van der Waals surface area contributed by atoms with Gasteiger partial charge in [0.2, 0.25) is 5.95 Å². The van der Waals surface area contributed by atoms with Crippen LogP contribution >= 0.6 is 0 Å². The molecular weight excluding hydrogens is 316 g/mol. The number of aromatic nitrogens is 5. The number of hydrogen-bond donors (Lipinski definition) is 1. The zero-order valence-corrected chi connectivity index (χ0v) is 14.9. The van der Waals surface area contributed by atoms with Gasteiger partial charge in [0.1, 0.15) is 5.75 Å². The van der Waals surface area contributed by atoms with Gasteiger partial charge in [-0.3, -0.25) is 4.68 Å². The molecule has 0 fully saturated rings. The molecule has 0 aliphatic rings. The van der Waals surface area contributed by atoms with Crippen molar-refractivity contribution in [2.45, 2.75) is 33.9 Å². The first-order valence-corrected chi connectivity index (χ1v) is 8.23. The number of benzene rings is 1. The van der Waals surface area contributed by atoms with E-state index in [9.17, 15) is 0 Å². The van der Waals surface area contributed by atoms with E-state index in [4.69, 9.17) is 4.74 Å². The molecule has 0 bridgehead atoms. The molecule has 0 amide bonds. The van der Waals surface area contributed by atoms with Crippen LogP contribution in [0.5, 0.6) is 5.75 Å². The Kier molecular flexibility index (Phi) is 4.92. The summed E-state index contributed by atoms with van der Waals surface area (Å²) in [5, 5.41) is 15.9. The van der Waals surface area contributed by atoms with Crippen LogP contribution in [0.4, 0.5) is 5.95 Å². The Labute approximate surface area is 147 Å². The largest absolute Gasteiger partial charge is 0.497 e. The number of aryl methyl sites for hydroxylation is 2. The molecule has 0 radical (unpaired) electrons. The molecule has 0 atom stereocenters. The summed E-state index contributed by atoms with van der Waals surface area (Å²) in [5.74, 6) is 1.27. The highest BCUT2D eigenvalue weighted by atomic mass is 16.5. The van der Waals surface area contributed by atoms with E-state index >= 15 is 0 Å². The highest BCUT2D eigenvalue weighted by molar-refractivity contribution is 5.61. The van der Waals surface area contributed by atoms with Crippen molar-refractivity contribution in [3.8, 4) is 17.0 Å². The summed E-state index contributed by atoms with van der Waals surface area (Å²) in [6, 6.07) is 7.71. The van der Waals surface area contributed by atoms with E-state index in [-0.39, 0.29) is 0 Å². The first-order valence-electron chi connectivity index (χ1n) is 8.23. The van der Waals surface area contributed by atoms with Gasteiger partial charge in [-0.2, -0.15) is 10.2 Å². The monoisotopic (exact) mass is 338 g/mol. The molecule has 1 N–H and O–H groups in total. The number of ether oxygens (including phenoxy) is 1. The maximum atomic E-state index is 5.26. The van der Waals surface area contributed by atoms with E-state index in [1.54, 1.807) is 13.3 Å². The molecule has 3 aromatic rings. The minimum Gasteiger partial charge on any atom is -0.497 e. The highest BCUT2D eigenvalue weighted by Gasteiger charge is 2.11. The van der Waals surface area contributed by atoms with Gasteiger partial charge in [0.25, 0.3) is 0 Å². The smallest absolute Gasteiger partial charge is 0.243 e. The third kappa shape index (κ3) is 3.60. The molecule has 3 rings (SSSR count). The van der Waals surface area contributed by atoms with Crippen LogP contribution in [0.3, 0.4) is 0 Å². The first kappa shape index (κ1) is 16.9. The van der Waals surface area contributed by atoms with Crippen molar-refractivity contribution < 1.29 is 4.74 Å². The molecule has 0 spiro atoms. The van der Waals surface area contributed by atoms with Crippen molar-refractivity contribution in [1.29, 1.82) is 0 Å². The summed E-state index contributed by atoms with van der Waals surface area (Å²) in [5.41, 5.74) is 5.02. The second kappa shape index (κ2) is 7.29. The van der Waals surface area contributed by atoms with Gasteiger partial charge in [0.05, 0.1) is 24.7 Å². The lowest BCUT2D eigenvalue weighted by Crippen LogP contribution is -2.07. The van der Waals surface area contributed by atoms with E-state index in [1.165, 1.54) is 0 Å². The molecule has 7 heteroatoms. The van der Waals surface area contributed by atoms with Gasteiger partial charge >= 0.3 is 0 Å². The van der Waals surface area contributed by atoms with Gasteiger partial charge in [-0.25, -0.2) is 4.98 Å². The van der Waals surface area contributed by atoms with Gasteiger partial charge in [-0.1, -0.05) is 12.1 Å². The molecule has 0 saturated carbocycles. The first-order chi connectivity index (χ1) is 12.1. The molecule has 7 nitrogen and oxygen atoms in total. The van der Waals surface area contributed by atoms with Crippen LogP contribution < -0.4 is 10.1 Å². The number of nitrogens with one attached hydrogen (secondary N) is 1. The fraction of sp³-hybridized carbons (Fsp3) is 0.333. The Morgan fingerprint density at radius 1 is 1.24 bits per heavy atom. The van der Waals surface area contributed by atoms with E-state index in [1.807, 2.05) is 35.9 Å². The molecular formula is C18H22N6O. The third-order valence-corrected chi connectivity index (χ3v) is 4.18. The summed E-state index contributed by atoms with van der Waals surface area (Å²) in [4.78, 5) is 4.55. The summed E-state index contributed by atoms with van der Waals surface area (Å²) >= 11 is 0. The Hall–Kier alpha value is -2.96. The van der Waals surface area contributed by atoms with Crippen LogP contribution in [0.2, 0.25) is 0 Å². The summed E-state index contributed by atoms with van der Waals surface area (Å²) in [7, 11) is 1.64. The lowest BCUT2D eigenvalue weighted by molar-refractivity contribution is 0.415. The van der Waals surface area contributed by atoms with E-state index < -0.39 is 0 Å². The fourth-order valence-electron chi connectivity index (χ4n) is 2.77. The SMILES string of the molecule is CCn1nc(C)c(CNc2nncc(-c3cccc(OC)c3)n2)c1C. The van der Waals surface area contributed by atoms with E-state index in [2.05, 4.69) is 39.4 Å². The second-order valence-corrected chi connectivity index (χ2v) is 5.72. The van der Waals surface area contributed by atoms with E-state index in [0.29, 0.717) is 12.5 Å². The topological polar surface area (TPSA) is 77.8 Å². The molecule has 0 aliphatic heterocycles. The third-order valence-electron chi connectivity index (χ3n) is 4.18. The van der Waals surface area contributed by atoms with Crippen LogP contribution in [0.15, 0.2) is 30.5 Å². The Bertz CT molecular complexity index is 874. The van der Waals surface area contributed by atoms with Crippen LogP contribution in [0.25, 0.3) is 11.3 Å². The van der Waals surface area contributed by atoms with Crippen LogP contribution in [0.1, 0.15) is 23.9 Å². The molecule has 2 heterocycles. The normalized spacial score (nSPS) is 10.7. The lowest BCUT2D eigenvalue weighted by Gasteiger charge is -2.07. The minimum atomic E-state index is 0.489. The van der Waals surface area contributed by atoms with Crippen LogP contribution in [0, 0.1) is 13.8 Å². The van der Waals surface area contributed by atoms with E-state index in [0.717, 1.165) is 40.5 Å². The van der Waals surface area contributed by atoms with Gasteiger partial charge < -0.3 is 10.1 Å². The predicted octanol–water partition coefficient (Wildman–Crippen LogP) is 2.99. The zero-order valence-electron chi connectivity index (χ0n) is 14.9. The number of methoxy groups -OCH3 is 1. The minimum absolute atomic E-state index is 0.489. The van der Waals surface area contributed by atoms with Gasteiger partial charge in [0.15, 0.2) is 0 Å². The van der Waals surface area contributed by atoms with Crippen molar-refractivity contribution in [3.05, 3.63) is 47.4 Å². The zero-order chi connectivity index (χ0) is 17.8. The molecule has 1 aromatic carbocycles. The highest BCUT2D eigenvalue weighted by Crippen LogP contribution is 2.22. The summed E-state index contributed by atoms with van der Waals surface area (Å²) in [6.45, 7) is 7.65. The summed E-state index contributed by atoms with van der Waals surface area (Å²) < 4.78 is 7.26. The van der Waals surface area contributed by atoms with Gasteiger partial charge in [-0.15, -0.1) is 5.10 Å². The molecule has 0 saturated heterocycles. The van der Waals surface area contributed by atoms with Crippen molar-refractivity contribution in [2.24, 2.45) is 0 Å². The van der Waals surface area contributed by atoms with Crippen molar-refractivity contribution >= 4 is 5.95 Å². The van der Waals surface area contributed by atoms with Gasteiger partial charge in [0, 0.05) is 29.9 Å². The van der Waals surface area contributed by atoms with Crippen molar-refractivity contribution in [1.82, 2.24) is 25.0 Å². The number of hydrogen-bond acceptors (Lipinski definition) is 6. The summed E-state index contributed by atoms with van der Waals surface area (Å²) in [6.07, 6.45) is 1.64. The maximum Gasteiger partial charge on any atom is 0.243 e. The van der Waals surface area contributed by atoms with Crippen LogP contribution in [-0.2, 0) is 13.1 Å².